The molecule has 2 saturated heterocycles. The standard InChI is InChI=1S/C27H36N8/c1-20(35-18-26(31-19-35)25-15-28-16-27(32-25)33-10-2-3-11-33)24-9-8-23(14-30-24)34-12-4-5-22(17-34)29-13-21-6-7-21/h8-9,14-16,18-22,29H,2-7,10-13,17H2,1H3. The highest BCUT2D eigenvalue weighted by molar-refractivity contribution is 5.55. The Hall–Kier alpha value is -3.00. The van der Waals surface area contributed by atoms with E-state index in [4.69, 9.17) is 9.97 Å². The number of piperidine rings is 1. The van der Waals surface area contributed by atoms with Crippen LogP contribution in [0.3, 0.4) is 0 Å². The summed E-state index contributed by atoms with van der Waals surface area (Å²) < 4.78 is 2.11. The van der Waals surface area contributed by atoms with Gasteiger partial charge in [0.2, 0.25) is 0 Å². The topological polar surface area (TPSA) is 75.0 Å². The molecule has 0 amide bonds. The lowest BCUT2D eigenvalue weighted by molar-refractivity contribution is 0.416. The van der Waals surface area contributed by atoms with Gasteiger partial charge in [0.25, 0.3) is 0 Å². The van der Waals surface area contributed by atoms with E-state index in [-0.39, 0.29) is 6.04 Å². The average Bonchev–Trinajstić information content (AvgIpc) is 3.35. The Morgan fingerprint density at radius 1 is 0.943 bits per heavy atom. The first-order chi connectivity index (χ1) is 17.2. The second-order valence-corrected chi connectivity index (χ2v) is 10.4. The van der Waals surface area contributed by atoms with Gasteiger partial charge in [-0.05, 0) is 70.0 Å². The van der Waals surface area contributed by atoms with Crippen molar-refractivity contribution in [1.82, 2.24) is 29.8 Å². The fourth-order valence-electron chi connectivity index (χ4n) is 5.28. The minimum atomic E-state index is 0.0920. The van der Waals surface area contributed by atoms with Crippen molar-refractivity contribution in [3.8, 4) is 11.4 Å². The molecule has 8 nitrogen and oxygen atoms in total. The molecule has 5 heterocycles. The molecule has 2 atom stereocenters. The molecule has 3 aliphatic rings. The number of aromatic nitrogens is 5. The molecule has 8 heteroatoms. The molecule has 2 unspecified atom stereocenters. The Morgan fingerprint density at radius 2 is 1.80 bits per heavy atom. The van der Waals surface area contributed by atoms with Gasteiger partial charge in [-0.15, -0.1) is 0 Å². The number of hydrogen-bond acceptors (Lipinski definition) is 7. The van der Waals surface area contributed by atoms with Crippen LogP contribution in [0.5, 0.6) is 0 Å². The van der Waals surface area contributed by atoms with E-state index in [0.717, 1.165) is 55.0 Å². The van der Waals surface area contributed by atoms with E-state index in [0.29, 0.717) is 6.04 Å². The first-order valence-corrected chi connectivity index (χ1v) is 13.3. The summed E-state index contributed by atoms with van der Waals surface area (Å²) in [5, 5.41) is 3.78. The SMILES string of the molecule is CC(c1ccc(N2CCCC(NCC3CC3)C2)cn1)n1cnc(-c2cncc(N3CCCC3)n2)c1. The fraction of sp³-hybridized carbons (Fsp3) is 0.556. The van der Waals surface area contributed by atoms with Crippen LogP contribution in [0.25, 0.3) is 11.4 Å². The highest BCUT2D eigenvalue weighted by Gasteiger charge is 2.25. The highest BCUT2D eigenvalue weighted by Crippen LogP contribution is 2.29. The molecule has 3 aromatic heterocycles. The maximum absolute atomic E-state index is 4.84. The maximum Gasteiger partial charge on any atom is 0.147 e. The third kappa shape index (κ3) is 5.17. The Kier molecular flexibility index (Phi) is 6.37. The number of anilines is 2. The molecule has 184 valence electrons. The monoisotopic (exact) mass is 472 g/mol. The predicted molar refractivity (Wildman–Crippen MR) is 139 cm³/mol. The lowest BCUT2D eigenvalue weighted by Gasteiger charge is -2.35. The van der Waals surface area contributed by atoms with Crippen LogP contribution in [0.1, 0.15) is 57.2 Å². The predicted octanol–water partition coefficient (Wildman–Crippen LogP) is 3.91. The van der Waals surface area contributed by atoms with Gasteiger partial charge in [-0.25, -0.2) is 9.97 Å². The summed E-state index contributed by atoms with van der Waals surface area (Å²) in [7, 11) is 0. The summed E-state index contributed by atoms with van der Waals surface area (Å²) in [6.45, 7) is 7.65. The number of rotatable bonds is 8. The van der Waals surface area contributed by atoms with Crippen LogP contribution >= 0.6 is 0 Å². The molecule has 0 spiro atoms. The van der Waals surface area contributed by atoms with E-state index in [2.05, 4.69) is 54.9 Å². The van der Waals surface area contributed by atoms with Crippen molar-refractivity contribution in [3.05, 3.63) is 48.9 Å². The molecular weight excluding hydrogens is 436 g/mol. The minimum absolute atomic E-state index is 0.0920. The first kappa shape index (κ1) is 22.5. The minimum Gasteiger partial charge on any atom is -0.369 e. The number of pyridine rings is 1. The van der Waals surface area contributed by atoms with Crippen molar-refractivity contribution in [2.24, 2.45) is 5.92 Å². The zero-order chi connectivity index (χ0) is 23.6. The molecule has 0 bridgehead atoms. The van der Waals surface area contributed by atoms with Gasteiger partial charge >= 0.3 is 0 Å². The molecule has 3 fully saturated rings. The van der Waals surface area contributed by atoms with Crippen molar-refractivity contribution < 1.29 is 0 Å². The van der Waals surface area contributed by atoms with E-state index in [1.807, 2.05) is 18.7 Å². The molecule has 1 saturated carbocycles. The smallest absolute Gasteiger partial charge is 0.147 e. The maximum atomic E-state index is 4.84. The molecule has 3 aromatic rings. The largest absolute Gasteiger partial charge is 0.369 e. The first-order valence-electron chi connectivity index (χ1n) is 13.3. The summed E-state index contributed by atoms with van der Waals surface area (Å²) >= 11 is 0. The summed E-state index contributed by atoms with van der Waals surface area (Å²) in [6.07, 6.45) is 17.4. The number of hydrogen-bond donors (Lipinski definition) is 1. The Bertz CT molecular complexity index is 1120. The molecule has 35 heavy (non-hydrogen) atoms. The zero-order valence-electron chi connectivity index (χ0n) is 20.7. The second kappa shape index (κ2) is 9.93. The van der Waals surface area contributed by atoms with Crippen molar-refractivity contribution in [2.45, 2.75) is 57.5 Å². The third-order valence-electron chi connectivity index (χ3n) is 7.74. The third-order valence-corrected chi connectivity index (χ3v) is 7.74. The van der Waals surface area contributed by atoms with E-state index < -0.39 is 0 Å². The van der Waals surface area contributed by atoms with Gasteiger partial charge in [0.05, 0.1) is 42.3 Å². The number of imidazole rings is 1. The fourth-order valence-corrected chi connectivity index (χ4v) is 5.28. The van der Waals surface area contributed by atoms with Gasteiger partial charge in [0, 0.05) is 38.4 Å². The van der Waals surface area contributed by atoms with E-state index in [9.17, 15) is 0 Å². The highest BCUT2D eigenvalue weighted by atomic mass is 15.2. The second-order valence-electron chi connectivity index (χ2n) is 10.4. The Labute approximate surface area is 207 Å². The molecule has 0 aromatic carbocycles. The summed E-state index contributed by atoms with van der Waals surface area (Å²) in [5.41, 5.74) is 3.92. The van der Waals surface area contributed by atoms with Crippen LogP contribution in [0, 0.1) is 5.92 Å². The molecular formula is C27H36N8. The van der Waals surface area contributed by atoms with Gasteiger partial charge in [-0.2, -0.15) is 0 Å². The molecule has 2 aliphatic heterocycles. The van der Waals surface area contributed by atoms with Crippen molar-refractivity contribution in [2.75, 3.05) is 42.5 Å². The van der Waals surface area contributed by atoms with Gasteiger partial charge in [-0.1, -0.05) is 0 Å². The zero-order valence-corrected chi connectivity index (χ0v) is 20.7. The normalized spacial score (nSPS) is 21.5. The van der Waals surface area contributed by atoms with E-state index >= 15 is 0 Å². The van der Waals surface area contributed by atoms with Crippen molar-refractivity contribution in [1.29, 1.82) is 0 Å². The van der Waals surface area contributed by atoms with Crippen molar-refractivity contribution >= 4 is 11.5 Å². The Balaban J connectivity index is 1.11. The van der Waals surface area contributed by atoms with Crippen LogP contribution in [-0.4, -0.2) is 63.3 Å². The number of nitrogens with one attached hydrogen (secondary N) is 1. The van der Waals surface area contributed by atoms with Gasteiger partial charge in [0.15, 0.2) is 0 Å². The van der Waals surface area contributed by atoms with Gasteiger partial charge in [-0.3, -0.25) is 9.97 Å². The van der Waals surface area contributed by atoms with Crippen LogP contribution in [0.15, 0.2) is 43.2 Å². The summed E-state index contributed by atoms with van der Waals surface area (Å²) in [4.78, 5) is 23.5. The lowest BCUT2D eigenvalue weighted by atomic mass is 10.0. The number of nitrogens with zero attached hydrogens (tertiary/aromatic N) is 7. The van der Waals surface area contributed by atoms with Gasteiger partial charge < -0.3 is 19.7 Å². The molecule has 1 aliphatic carbocycles. The average molecular weight is 473 g/mol. The summed E-state index contributed by atoms with van der Waals surface area (Å²) in [6, 6.07) is 5.08. The Morgan fingerprint density at radius 3 is 2.60 bits per heavy atom. The van der Waals surface area contributed by atoms with Crippen molar-refractivity contribution in [3.63, 3.8) is 0 Å². The van der Waals surface area contributed by atoms with Gasteiger partial charge in [0.1, 0.15) is 17.2 Å². The quantitative estimate of drug-likeness (QED) is 0.533. The van der Waals surface area contributed by atoms with Crippen LogP contribution in [0.2, 0.25) is 0 Å². The summed E-state index contributed by atoms with van der Waals surface area (Å²) in [5.74, 6) is 1.88. The molecule has 1 N–H and O–H groups in total. The lowest BCUT2D eigenvalue weighted by Crippen LogP contribution is -2.46. The van der Waals surface area contributed by atoms with Crippen LogP contribution < -0.4 is 15.1 Å². The van der Waals surface area contributed by atoms with E-state index in [1.165, 1.54) is 50.8 Å². The van der Waals surface area contributed by atoms with E-state index in [1.54, 1.807) is 6.20 Å². The molecule has 6 rings (SSSR count). The van der Waals surface area contributed by atoms with Crippen LogP contribution in [-0.2, 0) is 0 Å². The van der Waals surface area contributed by atoms with Crippen LogP contribution in [0.4, 0.5) is 11.5 Å². The molecule has 0 radical (unpaired) electrons.